The zero-order valence-corrected chi connectivity index (χ0v) is 11.7. The molecule has 0 aliphatic carbocycles. The molecule has 2 amide bonds. The Labute approximate surface area is 123 Å². The lowest BCUT2D eigenvalue weighted by molar-refractivity contribution is 0.247. The summed E-state index contributed by atoms with van der Waals surface area (Å²) in [6, 6.07) is 10.5. The number of rotatable bonds is 6. The van der Waals surface area contributed by atoms with Crippen LogP contribution >= 0.6 is 0 Å². The first-order chi connectivity index (χ1) is 10.3. The average molecular weight is 287 g/mol. The van der Waals surface area contributed by atoms with Crippen molar-refractivity contribution in [2.24, 2.45) is 0 Å². The van der Waals surface area contributed by atoms with E-state index < -0.39 is 0 Å². The summed E-state index contributed by atoms with van der Waals surface area (Å²) in [7, 11) is 1.61. The fourth-order valence-corrected chi connectivity index (χ4v) is 1.62. The Kier molecular flexibility index (Phi) is 5.40. The number of hydrogen-bond donors (Lipinski definition) is 2. The van der Waals surface area contributed by atoms with E-state index in [0.29, 0.717) is 18.8 Å². The molecule has 0 radical (unpaired) electrons. The molecular weight excluding hydrogens is 270 g/mol. The topological polar surface area (TPSA) is 72.5 Å². The number of amides is 2. The van der Waals surface area contributed by atoms with Gasteiger partial charge in [0.25, 0.3) is 0 Å². The third kappa shape index (κ3) is 5.02. The first kappa shape index (κ1) is 14.6. The predicted molar refractivity (Wildman–Crippen MR) is 79.7 cm³/mol. The summed E-state index contributed by atoms with van der Waals surface area (Å²) in [6.45, 7) is 0.783. The van der Waals surface area contributed by atoms with Gasteiger partial charge in [-0.05, 0) is 36.4 Å². The van der Waals surface area contributed by atoms with E-state index in [4.69, 9.17) is 9.47 Å². The molecule has 0 aliphatic heterocycles. The fourth-order valence-electron chi connectivity index (χ4n) is 1.62. The van der Waals surface area contributed by atoms with E-state index in [1.54, 1.807) is 31.6 Å². The van der Waals surface area contributed by atoms with Crippen molar-refractivity contribution in [1.82, 2.24) is 10.3 Å². The number of carbonyl (C=O) groups excluding carboxylic acids is 1. The van der Waals surface area contributed by atoms with E-state index in [-0.39, 0.29) is 6.03 Å². The highest BCUT2D eigenvalue weighted by Gasteiger charge is 2.01. The van der Waals surface area contributed by atoms with Crippen molar-refractivity contribution >= 4 is 11.7 Å². The minimum Gasteiger partial charge on any atom is -0.497 e. The third-order valence-corrected chi connectivity index (χ3v) is 2.64. The number of aromatic nitrogens is 1. The van der Waals surface area contributed by atoms with Gasteiger partial charge >= 0.3 is 6.03 Å². The first-order valence-corrected chi connectivity index (χ1v) is 6.49. The molecule has 2 rings (SSSR count). The minimum atomic E-state index is -0.290. The summed E-state index contributed by atoms with van der Waals surface area (Å²) in [5.41, 5.74) is 0.645. The van der Waals surface area contributed by atoms with Crippen LogP contribution < -0.4 is 20.1 Å². The van der Waals surface area contributed by atoms with Crippen LogP contribution in [0.3, 0.4) is 0 Å². The number of hydrogen-bond acceptors (Lipinski definition) is 4. The third-order valence-electron chi connectivity index (χ3n) is 2.64. The van der Waals surface area contributed by atoms with Gasteiger partial charge < -0.3 is 20.1 Å². The summed E-state index contributed by atoms with van der Waals surface area (Å²) in [5, 5.41) is 5.37. The van der Waals surface area contributed by atoms with Gasteiger partial charge in [0.05, 0.1) is 25.5 Å². The van der Waals surface area contributed by atoms with Gasteiger partial charge in [0, 0.05) is 6.20 Å². The Bertz CT molecular complexity index is 558. The van der Waals surface area contributed by atoms with Crippen molar-refractivity contribution < 1.29 is 14.3 Å². The van der Waals surface area contributed by atoms with E-state index in [0.717, 1.165) is 11.5 Å². The van der Waals surface area contributed by atoms with Crippen LogP contribution in [0.1, 0.15) is 0 Å². The smallest absolute Gasteiger partial charge is 0.319 e. The minimum absolute atomic E-state index is 0.290. The summed E-state index contributed by atoms with van der Waals surface area (Å²) in [5.74, 6) is 1.50. The molecule has 1 heterocycles. The van der Waals surface area contributed by atoms with Gasteiger partial charge in [-0.15, -0.1) is 0 Å². The molecule has 1 aromatic heterocycles. The SMILES string of the molecule is COc1ccc(OCCNC(=O)Nc2cccnc2)cc1. The number of nitrogens with one attached hydrogen (secondary N) is 2. The van der Waals surface area contributed by atoms with Gasteiger partial charge in [-0.25, -0.2) is 4.79 Å². The quantitative estimate of drug-likeness (QED) is 0.800. The standard InChI is InChI=1S/C15H17N3O3/c1-20-13-4-6-14(7-5-13)21-10-9-17-15(19)18-12-3-2-8-16-11-12/h2-8,11H,9-10H2,1H3,(H2,17,18,19). The molecule has 1 aromatic carbocycles. The monoisotopic (exact) mass is 287 g/mol. The van der Waals surface area contributed by atoms with Crippen LogP contribution in [-0.4, -0.2) is 31.3 Å². The van der Waals surface area contributed by atoms with Crippen molar-refractivity contribution in [3.8, 4) is 11.5 Å². The fraction of sp³-hybridized carbons (Fsp3) is 0.200. The van der Waals surface area contributed by atoms with Gasteiger partial charge in [-0.3, -0.25) is 4.98 Å². The van der Waals surface area contributed by atoms with Gasteiger partial charge in [-0.2, -0.15) is 0 Å². The molecule has 0 aliphatic rings. The summed E-state index contributed by atoms with van der Waals surface area (Å²) >= 11 is 0. The number of nitrogens with zero attached hydrogens (tertiary/aromatic N) is 1. The highest BCUT2D eigenvalue weighted by atomic mass is 16.5. The number of urea groups is 1. The molecule has 6 nitrogen and oxygen atoms in total. The molecule has 0 bridgehead atoms. The van der Waals surface area contributed by atoms with E-state index in [2.05, 4.69) is 15.6 Å². The Morgan fingerprint density at radius 1 is 1.19 bits per heavy atom. The molecular formula is C15H17N3O3. The number of methoxy groups -OCH3 is 1. The Morgan fingerprint density at radius 2 is 1.95 bits per heavy atom. The summed E-state index contributed by atoms with van der Waals surface area (Å²) in [4.78, 5) is 15.5. The second-order valence-electron chi connectivity index (χ2n) is 4.15. The van der Waals surface area contributed by atoms with Crippen LogP contribution in [0.4, 0.5) is 10.5 Å². The second-order valence-corrected chi connectivity index (χ2v) is 4.15. The van der Waals surface area contributed by atoms with Gasteiger partial charge in [-0.1, -0.05) is 0 Å². The maximum atomic E-state index is 11.6. The maximum Gasteiger partial charge on any atom is 0.319 e. The number of anilines is 1. The predicted octanol–water partition coefficient (Wildman–Crippen LogP) is 2.29. The van der Waals surface area contributed by atoms with Gasteiger partial charge in [0.2, 0.25) is 0 Å². The lowest BCUT2D eigenvalue weighted by atomic mass is 10.3. The number of benzene rings is 1. The second kappa shape index (κ2) is 7.74. The van der Waals surface area contributed by atoms with Crippen LogP contribution in [0, 0.1) is 0 Å². The molecule has 0 unspecified atom stereocenters. The maximum absolute atomic E-state index is 11.6. The van der Waals surface area contributed by atoms with E-state index in [9.17, 15) is 4.79 Å². The molecule has 0 saturated heterocycles. The van der Waals surface area contributed by atoms with Crippen molar-refractivity contribution in [3.05, 3.63) is 48.8 Å². The van der Waals surface area contributed by atoms with Crippen molar-refractivity contribution in [2.45, 2.75) is 0 Å². The van der Waals surface area contributed by atoms with Crippen LogP contribution in [0.2, 0.25) is 0 Å². The molecule has 2 N–H and O–H groups in total. The zero-order valence-electron chi connectivity index (χ0n) is 11.7. The molecule has 110 valence electrons. The van der Waals surface area contributed by atoms with Crippen LogP contribution in [0.15, 0.2) is 48.8 Å². The normalized spacial score (nSPS) is 9.76. The van der Waals surface area contributed by atoms with Gasteiger partial charge in [0.15, 0.2) is 0 Å². The van der Waals surface area contributed by atoms with E-state index in [1.165, 1.54) is 0 Å². The highest BCUT2D eigenvalue weighted by molar-refractivity contribution is 5.88. The van der Waals surface area contributed by atoms with E-state index in [1.807, 2.05) is 24.3 Å². The van der Waals surface area contributed by atoms with Crippen LogP contribution in [0.25, 0.3) is 0 Å². The Hall–Kier alpha value is -2.76. The number of carbonyl (C=O) groups is 1. The average Bonchev–Trinajstić information content (AvgIpc) is 2.53. The molecule has 6 heteroatoms. The summed E-state index contributed by atoms with van der Waals surface area (Å²) < 4.78 is 10.6. The number of ether oxygens (including phenoxy) is 2. The number of pyridine rings is 1. The summed E-state index contributed by atoms with van der Waals surface area (Å²) in [6.07, 6.45) is 3.22. The molecule has 0 saturated carbocycles. The highest BCUT2D eigenvalue weighted by Crippen LogP contribution is 2.16. The van der Waals surface area contributed by atoms with Gasteiger partial charge in [0.1, 0.15) is 18.1 Å². The zero-order chi connectivity index (χ0) is 14.9. The van der Waals surface area contributed by atoms with Crippen molar-refractivity contribution in [1.29, 1.82) is 0 Å². The van der Waals surface area contributed by atoms with Crippen LogP contribution in [-0.2, 0) is 0 Å². The molecule has 0 fully saturated rings. The molecule has 21 heavy (non-hydrogen) atoms. The lowest BCUT2D eigenvalue weighted by Gasteiger charge is -2.09. The molecule has 2 aromatic rings. The molecule has 0 atom stereocenters. The van der Waals surface area contributed by atoms with E-state index >= 15 is 0 Å². The largest absolute Gasteiger partial charge is 0.497 e. The first-order valence-electron chi connectivity index (χ1n) is 6.49. The van der Waals surface area contributed by atoms with Crippen LogP contribution in [0.5, 0.6) is 11.5 Å². The Balaban J connectivity index is 1.66. The van der Waals surface area contributed by atoms with Crippen molar-refractivity contribution in [3.63, 3.8) is 0 Å². The lowest BCUT2D eigenvalue weighted by Crippen LogP contribution is -2.32. The molecule has 0 spiro atoms. The Morgan fingerprint density at radius 3 is 2.62 bits per heavy atom. The van der Waals surface area contributed by atoms with Crippen molar-refractivity contribution in [2.75, 3.05) is 25.6 Å².